The fraction of sp³-hybridized carbons (Fsp3) is 0.286. The number of likely N-dealkylation sites (tertiary alicyclic amines) is 1. The molecule has 0 amide bonds. The molecule has 0 aliphatic carbocycles. The highest BCUT2D eigenvalue weighted by Crippen LogP contribution is 2.33. The van der Waals surface area contributed by atoms with Gasteiger partial charge in [0.25, 0.3) is 0 Å². The molecule has 0 radical (unpaired) electrons. The first kappa shape index (κ1) is 22.4. The van der Waals surface area contributed by atoms with E-state index in [4.69, 9.17) is 4.42 Å². The summed E-state index contributed by atoms with van der Waals surface area (Å²) in [6.07, 6.45) is 6.06. The zero-order valence-electron chi connectivity index (χ0n) is 20.6. The van der Waals surface area contributed by atoms with Crippen molar-refractivity contribution in [2.45, 2.75) is 38.8 Å². The molecule has 5 heterocycles. The number of hydrogen-bond donors (Lipinski definition) is 1. The van der Waals surface area contributed by atoms with Crippen LogP contribution >= 0.6 is 11.3 Å². The van der Waals surface area contributed by atoms with Crippen molar-refractivity contribution in [3.05, 3.63) is 71.7 Å². The second-order valence-corrected chi connectivity index (χ2v) is 10.9. The van der Waals surface area contributed by atoms with Gasteiger partial charge in [0, 0.05) is 51.9 Å². The predicted octanol–water partition coefficient (Wildman–Crippen LogP) is 6.09. The van der Waals surface area contributed by atoms with Gasteiger partial charge in [-0.05, 0) is 62.0 Å². The van der Waals surface area contributed by atoms with Gasteiger partial charge < -0.3 is 4.42 Å². The van der Waals surface area contributed by atoms with Crippen molar-refractivity contribution in [2.75, 3.05) is 13.1 Å². The van der Waals surface area contributed by atoms with E-state index in [0.717, 1.165) is 72.6 Å². The standard InChI is InChI=1S/C28H27N7OS/c1-2-35-16-21(14-29-35)26-23-13-19(9-10-24(23)30-31-26)27-32-33-28(36-27)20-7-5-11-34(15-20)17-22-12-18-6-3-4-8-25(18)37-22/h3-4,6,8-10,12-14,16,20H,2,5,7,11,15,17H2,1H3,(H,30,31). The molecule has 1 saturated heterocycles. The smallest absolute Gasteiger partial charge is 0.247 e. The molecule has 2 aromatic carbocycles. The Labute approximate surface area is 217 Å². The predicted molar refractivity (Wildman–Crippen MR) is 145 cm³/mol. The summed E-state index contributed by atoms with van der Waals surface area (Å²) >= 11 is 1.89. The van der Waals surface area contributed by atoms with Crippen LogP contribution in [0, 0.1) is 0 Å². The van der Waals surface area contributed by atoms with E-state index in [0.29, 0.717) is 5.89 Å². The maximum atomic E-state index is 6.25. The van der Waals surface area contributed by atoms with Gasteiger partial charge in [-0.3, -0.25) is 14.7 Å². The van der Waals surface area contributed by atoms with Crippen LogP contribution in [-0.4, -0.2) is 48.2 Å². The number of aromatic amines is 1. The summed E-state index contributed by atoms with van der Waals surface area (Å²) in [6.45, 7) is 5.88. The largest absolute Gasteiger partial charge is 0.420 e. The number of nitrogens with one attached hydrogen (secondary N) is 1. The Morgan fingerprint density at radius 2 is 2.05 bits per heavy atom. The molecule has 7 rings (SSSR count). The second-order valence-electron chi connectivity index (χ2n) is 9.69. The van der Waals surface area contributed by atoms with E-state index in [1.54, 1.807) is 0 Å². The fourth-order valence-electron chi connectivity index (χ4n) is 5.28. The molecule has 6 aromatic rings. The number of fused-ring (bicyclic) bond motifs is 2. The van der Waals surface area contributed by atoms with Crippen LogP contribution in [0.25, 0.3) is 43.7 Å². The molecule has 8 nitrogen and oxygen atoms in total. The maximum absolute atomic E-state index is 6.25. The van der Waals surface area contributed by atoms with Gasteiger partial charge in [0.1, 0.15) is 5.69 Å². The monoisotopic (exact) mass is 509 g/mol. The molecule has 0 bridgehead atoms. The van der Waals surface area contributed by atoms with Crippen molar-refractivity contribution < 1.29 is 4.42 Å². The molecule has 1 atom stereocenters. The maximum Gasteiger partial charge on any atom is 0.247 e. The van der Waals surface area contributed by atoms with Crippen molar-refractivity contribution >= 4 is 32.3 Å². The van der Waals surface area contributed by atoms with Gasteiger partial charge in [0.15, 0.2) is 0 Å². The third kappa shape index (κ3) is 4.24. The molecule has 0 spiro atoms. The number of H-pyrrole nitrogens is 1. The van der Waals surface area contributed by atoms with Crippen molar-refractivity contribution in [3.63, 3.8) is 0 Å². The molecule has 1 aliphatic rings. The number of thiophene rings is 1. The summed E-state index contributed by atoms with van der Waals surface area (Å²) in [5.74, 6) is 1.53. The van der Waals surface area contributed by atoms with Crippen molar-refractivity contribution in [3.8, 4) is 22.7 Å². The molecule has 1 aliphatic heterocycles. The van der Waals surface area contributed by atoms with Crippen LogP contribution in [-0.2, 0) is 13.1 Å². The third-order valence-electron chi connectivity index (χ3n) is 7.19. The third-order valence-corrected chi connectivity index (χ3v) is 8.29. The normalized spacial score (nSPS) is 16.7. The fourth-order valence-corrected chi connectivity index (χ4v) is 6.38. The van der Waals surface area contributed by atoms with Crippen LogP contribution in [0.2, 0.25) is 0 Å². The number of aryl methyl sites for hydroxylation is 1. The Kier molecular flexibility index (Phi) is 5.59. The summed E-state index contributed by atoms with van der Waals surface area (Å²) < 4.78 is 9.51. The molecule has 4 aromatic heterocycles. The van der Waals surface area contributed by atoms with Crippen molar-refractivity contribution in [2.24, 2.45) is 0 Å². The first-order chi connectivity index (χ1) is 18.2. The Morgan fingerprint density at radius 1 is 1.11 bits per heavy atom. The van der Waals surface area contributed by atoms with Gasteiger partial charge in [-0.2, -0.15) is 10.2 Å². The van der Waals surface area contributed by atoms with Crippen LogP contribution in [0.4, 0.5) is 0 Å². The van der Waals surface area contributed by atoms with E-state index in [-0.39, 0.29) is 5.92 Å². The van der Waals surface area contributed by atoms with Crippen LogP contribution in [0.5, 0.6) is 0 Å². The van der Waals surface area contributed by atoms with Crippen molar-refractivity contribution in [1.29, 1.82) is 0 Å². The van der Waals surface area contributed by atoms with Crippen molar-refractivity contribution in [1.82, 2.24) is 35.1 Å². The zero-order chi connectivity index (χ0) is 24.8. The number of benzene rings is 2. The first-order valence-corrected chi connectivity index (χ1v) is 13.6. The van der Waals surface area contributed by atoms with E-state index in [9.17, 15) is 0 Å². The number of nitrogens with zero attached hydrogens (tertiary/aromatic N) is 6. The van der Waals surface area contributed by atoms with Gasteiger partial charge in [0.2, 0.25) is 11.8 Å². The van der Waals surface area contributed by atoms with Crippen LogP contribution in [0.3, 0.4) is 0 Å². The minimum absolute atomic E-state index is 0.248. The molecule has 0 saturated carbocycles. The van der Waals surface area contributed by atoms with Gasteiger partial charge in [0.05, 0.1) is 17.6 Å². The summed E-state index contributed by atoms with van der Waals surface area (Å²) in [5, 5.41) is 23.3. The molecule has 1 N–H and O–H groups in total. The van der Waals surface area contributed by atoms with E-state index in [1.807, 2.05) is 40.5 Å². The SMILES string of the molecule is CCn1cc(-c2n[nH]c3ccc(-c4nnc(C5CCCN(Cc6cc7ccccc7s6)C5)o4)cc23)cn1. The van der Waals surface area contributed by atoms with Gasteiger partial charge in [-0.25, -0.2) is 0 Å². The molecule has 186 valence electrons. The quantitative estimate of drug-likeness (QED) is 0.292. The minimum atomic E-state index is 0.248. The van der Waals surface area contributed by atoms with Crippen LogP contribution in [0.15, 0.2) is 65.3 Å². The van der Waals surface area contributed by atoms with Crippen LogP contribution in [0.1, 0.15) is 36.5 Å². The summed E-state index contributed by atoms with van der Waals surface area (Å²) in [4.78, 5) is 3.92. The summed E-state index contributed by atoms with van der Waals surface area (Å²) in [6, 6.07) is 17.0. The lowest BCUT2D eigenvalue weighted by atomic mass is 9.98. The Hall–Kier alpha value is -3.82. The average Bonchev–Trinajstić information content (AvgIpc) is 3.73. The Morgan fingerprint density at radius 3 is 2.95 bits per heavy atom. The van der Waals surface area contributed by atoms with E-state index >= 15 is 0 Å². The number of piperidine rings is 1. The average molecular weight is 510 g/mol. The van der Waals surface area contributed by atoms with E-state index in [1.165, 1.54) is 15.0 Å². The molecular weight excluding hydrogens is 482 g/mol. The zero-order valence-corrected chi connectivity index (χ0v) is 21.4. The van der Waals surface area contributed by atoms with E-state index in [2.05, 4.69) is 73.7 Å². The highest BCUT2D eigenvalue weighted by Gasteiger charge is 2.26. The topological polar surface area (TPSA) is 88.7 Å². The minimum Gasteiger partial charge on any atom is -0.420 e. The Bertz CT molecular complexity index is 1660. The number of hydrogen-bond acceptors (Lipinski definition) is 7. The Balaban J connectivity index is 1.11. The molecule has 37 heavy (non-hydrogen) atoms. The lowest BCUT2D eigenvalue weighted by Gasteiger charge is -2.30. The van der Waals surface area contributed by atoms with Gasteiger partial charge >= 0.3 is 0 Å². The molecule has 1 fully saturated rings. The summed E-state index contributed by atoms with van der Waals surface area (Å²) in [7, 11) is 0. The molecule has 1 unspecified atom stereocenters. The molecule has 9 heteroatoms. The number of aromatic nitrogens is 6. The van der Waals surface area contributed by atoms with Gasteiger partial charge in [-0.1, -0.05) is 18.2 Å². The summed E-state index contributed by atoms with van der Waals surface area (Å²) in [5.41, 5.74) is 3.72. The highest BCUT2D eigenvalue weighted by molar-refractivity contribution is 7.19. The number of rotatable bonds is 6. The van der Waals surface area contributed by atoms with Crippen LogP contribution < -0.4 is 0 Å². The second kappa shape index (κ2) is 9.24. The molecular formula is C28H27N7OS. The first-order valence-electron chi connectivity index (χ1n) is 12.8. The van der Waals surface area contributed by atoms with E-state index < -0.39 is 0 Å². The van der Waals surface area contributed by atoms with Gasteiger partial charge in [-0.15, -0.1) is 21.5 Å². The lowest BCUT2D eigenvalue weighted by Crippen LogP contribution is -2.33. The highest BCUT2D eigenvalue weighted by atomic mass is 32.1. The lowest BCUT2D eigenvalue weighted by molar-refractivity contribution is 0.188.